The lowest BCUT2D eigenvalue weighted by atomic mass is 10.2. The standard InChI is InChI=1S/C14H20O3Si/c1-16-13-8-5-12(6-9-13)7-10-14(15)17-11-18(2,3)4/h5-10H,11H2,1-4H3/b10-7+. The van der Waals surface area contributed by atoms with E-state index in [-0.39, 0.29) is 5.97 Å². The number of carbonyl (C=O) groups excluding carboxylic acids is 1. The molecule has 0 radical (unpaired) electrons. The van der Waals surface area contributed by atoms with Crippen LogP contribution in [-0.2, 0) is 9.53 Å². The average molecular weight is 264 g/mol. The first-order valence-electron chi connectivity index (χ1n) is 5.89. The molecule has 0 spiro atoms. The van der Waals surface area contributed by atoms with Gasteiger partial charge in [-0.15, -0.1) is 0 Å². The summed E-state index contributed by atoms with van der Waals surface area (Å²) in [5.41, 5.74) is 0.945. The first kappa shape index (κ1) is 14.5. The van der Waals surface area contributed by atoms with E-state index in [9.17, 15) is 4.79 Å². The number of hydrogen-bond acceptors (Lipinski definition) is 3. The van der Waals surface area contributed by atoms with Gasteiger partial charge in [-0.3, -0.25) is 0 Å². The second-order valence-corrected chi connectivity index (χ2v) is 10.7. The van der Waals surface area contributed by atoms with Crippen molar-refractivity contribution >= 4 is 20.1 Å². The SMILES string of the molecule is COc1ccc(/C=C/C(=O)OC[Si](C)(C)C)cc1. The van der Waals surface area contributed by atoms with Crippen LogP contribution >= 0.6 is 0 Å². The Morgan fingerprint density at radius 3 is 2.33 bits per heavy atom. The third kappa shape index (κ3) is 5.68. The fourth-order valence-electron chi connectivity index (χ4n) is 1.22. The summed E-state index contributed by atoms with van der Waals surface area (Å²) in [7, 11) is 0.289. The maximum absolute atomic E-state index is 11.5. The van der Waals surface area contributed by atoms with Gasteiger partial charge in [0, 0.05) is 6.08 Å². The molecule has 1 aromatic rings. The highest BCUT2D eigenvalue weighted by Gasteiger charge is 2.14. The number of ether oxygens (including phenoxy) is 2. The monoisotopic (exact) mass is 264 g/mol. The first-order chi connectivity index (χ1) is 8.40. The number of benzene rings is 1. The minimum atomic E-state index is -1.33. The number of methoxy groups -OCH3 is 1. The van der Waals surface area contributed by atoms with Gasteiger partial charge in [-0.05, 0) is 23.8 Å². The Labute approximate surface area is 109 Å². The van der Waals surface area contributed by atoms with Crippen LogP contribution in [0.1, 0.15) is 5.56 Å². The normalized spacial score (nSPS) is 11.6. The van der Waals surface area contributed by atoms with Gasteiger partial charge in [-0.2, -0.15) is 0 Å². The van der Waals surface area contributed by atoms with E-state index in [1.165, 1.54) is 6.08 Å². The molecule has 0 atom stereocenters. The van der Waals surface area contributed by atoms with Crippen molar-refractivity contribution in [3.05, 3.63) is 35.9 Å². The minimum Gasteiger partial charge on any atom is -0.497 e. The molecule has 0 aliphatic rings. The molecule has 0 unspecified atom stereocenters. The topological polar surface area (TPSA) is 35.5 Å². The van der Waals surface area contributed by atoms with Gasteiger partial charge in [0.1, 0.15) is 5.75 Å². The summed E-state index contributed by atoms with van der Waals surface area (Å²) in [5, 5.41) is 0. The molecule has 0 aromatic heterocycles. The Hall–Kier alpha value is -1.55. The van der Waals surface area contributed by atoms with Crippen molar-refractivity contribution in [1.82, 2.24) is 0 Å². The molecule has 0 amide bonds. The Balaban J connectivity index is 2.50. The molecule has 1 rings (SSSR count). The fourth-order valence-corrected chi connectivity index (χ4v) is 1.79. The zero-order chi connectivity index (χ0) is 13.6. The summed E-state index contributed by atoms with van der Waals surface area (Å²) in [6, 6.07) is 7.49. The lowest BCUT2D eigenvalue weighted by Gasteiger charge is -2.14. The Morgan fingerprint density at radius 1 is 1.22 bits per heavy atom. The highest BCUT2D eigenvalue weighted by molar-refractivity contribution is 6.76. The van der Waals surface area contributed by atoms with Crippen molar-refractivity contribution in [2.45, 2.75) is 19.6 Å². The molecule has 0 N–H and O–H groups in total. The van der Waals surface area contributed by atoms with Crippen molar-refractivity contribution in [2.75, 3.05) is 13.3 Å². The van der Waals surface area contributed by atoms with E-state index in [0.29, 0.717) is 6.23 Å². The van der Waals surface area contributed by atoms with E-state index in [1.54, 1.807) is 13.2 Å². The lowest BCUT2D eigenvalue weighted by Crippen LogP contribution is -2.29. The second-order valence-electron chi connectivity index (χ2n) is 5.27. The molecule has 0 aliphatic carbocycles. The van der Waals surface area contributed by atoms with Gasteiger partial charge in [0.15, 0.2) is 0 Å². The van der Waals surface area contributed by atoms with E-state index < -0.39 is 8.07 Å². The zero-order valence-electron chi connectivity index (χ0n) is 11.4. The maximum Gasteiger partial charge on any atom is 0.330 e. The van der Waals surface area contributed by atoms with Gasteiger partial charge in [0.05, 0.1) is 21.4 Å². The Kier molecular flexibility index (Phi) is 5.16. The van der Waals surface area contributed by atoms with E-state index in [1.807, 2.05) is 24.3 Å². The van der Waals surface area contributed by atoms with Crippen LogP contribution < -0.4 is 4.74 Å². The van der Waals surface area contributed by atoms with Gasteiger partial charge >= 0.3 is 5.97 Å². The molecule has 0 fully saturated rings. The Morgan fingerprint density at radius 2 is 1.83 bits per heavy atom. The third-order valence-electron chi connectivity index (χ3n) is 2.18. The maximum atomic E-state index is 11.5. The van der Waals surface area contributed by atoms with Crippen molar-refractivity contribution in [2.24, 2.45) is 0 Å². The van der Waals surface area contributed by atoms with Crippen LogP contribution in [0.15, 0.2) is 30.3 Å². The van der Waals surface area contributed by atoms with Crippen LogP contribution in [0.4, 0.5) is 0 Å². The summed E-state index contributed by atoms with van der Waals surface area (Å²) >= 11 is 0. The molecular formula is C14H20O3Si. The molecule has 98 valence electrons. The van der Waals surface area contributed by atoms with E-state index >= 15 is 0 Å². The second kappa shape index (κ2) is 6.40. The van der Waals surface area contributed by atoms with Crippen molar-refractivity contribution in [3.63, 3.8) is 0 Å². The molecule has 0 saturated carbocycles. The number of carbonyl (C=O) groups is 1. The van der Waals surface area contributed by atoms with Gasteiger partial charge < -0.3 is 9.47 Å². The van der Waals surface area contributed by atoms with E-state index in [4.69, 9.17) is 9.47 Å². The van der Waals surface area contributed by atoms with Crippen LogP contribution in [-0.4, -0.2) is 27.4 Å². The zero-order valence-corrected chi connectivity index (χ0v) is 12.4. The van der Waals surface area contributed by atoms with Crippen LogP contribution in [0, 0.1) is 0 Å². The van der Waals surface area contributed by atoms with Crippen LogP contribution in [0.25, 0.3) is 6.08 Å². The van der Waals surface area contributed by atoms with Crippen LogP contribution in [0.3, 0.4) is 0 Å². The molecule has 0 saturated heterocycles. The highest BCUT2D eigenvalue weighted by atomic mass is 28.3. The number of rotatable bonds is 5. The molecule has 1 aromatic carbocycles. The smallest absolute Gasteiger partial charge is 0.330 e. The van der Waals surface area contributed by atoms with Crippen LogP contribution in [0.5, 0.6) is 5.75 Å². The van der Waals surface area contributed by atoms with Crippen LogP contribution in [0.2, 0.25) is 19.6 Å². The van der Waals surface area contributed by atoms with Crippen molar-refractivity contribution in [3.8, 4) is 5.75 Å². The van der Waals surface area contributed by atoms with E-state index in [2.05, 4.69) is 19.6 Å². The fraction of sp³-hybridized carbons (Fsp3) is 0.357. The summed E-state index contributed by atoms with van der Waals surface area (Å²) < 4.78 is 10.2. The predicted octanol–water partition coefficient (Wildman–Crippen LogP) is 3.13. The predicted molar refractivity (Wildman–Crippen MR) is 76.3 cm³/mol. The molecule has 3 nitrogen and oxygen atoms in total. The van der Waals surface area contributed by atoms with Gasteiger partial charge in [-0.25, -0.2) is 4.79 Å². The summed E-state index contributed by atoms with van der Waals surface area (Å²) in [6.45, 7) is 6.48. The Bertz CT molecular complexity index is 416. The average Bonchev–Trinajstić information content (AvgIpc) is 2.33. The number of esters is 1. The molecule has 18 heavy (non-hydrogen) atoms. The molecular weight excluding hydrogens is 244 g/mol. The summed E-state index contributed by atoms with van der Waals surface area (Å²) in [6.07, 6.45) is 3.76. The third-order valence-corrected chi connectivity index (χ3v) is 3.19. The van der Waals surface area contributed by atoms with Gasteiger partial charge in [0.2, 0.25) is 0 Å². The highest BCUT2D eigenvalue weighted by Crippen LogP contribution is 2.12. The molecule has 0 bridgehead atoms. The van der Waals surface area contributed by atoms with Gasteiger partial charge in [-0.1, -0.05) is 31.8 Å². The summed E-state index contributed by atoms with van der Waals surface area (Å²) in [5.74, 6) is 0.515. The van der Waals surface area contributed by atoms with Crippen molar-refractivity contribution in [1.29, 1.82) is 0 Å². The molecule has 0 heterocycles. The van der Waals surface area contributed by atoms with Crippen molar-refractivity contribution < 1.29 is 14.3 Å². The first-order valence-corrected chi connectivity index (χ1v) is 9.60. The minimum absolute atomic E-state index is 0.284. The summed E-state index contributed by atoms with van der Waals surface area (Å²) in [4.78, 5) is 11.5. The van der Waals surface area contributed by atoms with E-state index in [0.717, 1.165) is 11.3 Å². The number of hydrogen-bond donors (Lipinski definition) is 0. The quantitative estimate of drug-likeness (QED) is 0.465. The largest absolute Gasteiger partial charge is 0.497 e. The lowest BCUT2D eigenvalue weighted by molar-refractivity contribution is -0.135. The molecule has 4 heteroatoms. The molecule has 0 aliphatic heterocycles. The van der Waals surface area contributed by atoms with Gasteiger partial charge in [0.25, 0.3) is 0 Å².